The lowest BCUT2D eigenvalue weighted by atomic mass is 9.89. The topological polar surface area (TPSA) is 51.8 Å². The van der Waals surface area contributed by atoms with Crippen molar-refractivity contribution in [1.82, 2.24) is 15.0 Å². The predicted octanol–water partition coefficient (Wildman–Crippen LogP) is 13.2. The Bertz CT molecular complexity index is 3080. The highest BCUT2D eigenvalue weighted by atomic mass is 32.1. The molecule has 1 aliphatic carbocycles. The lowest BCUT2D eigenvalue weighted by Crippen LogP contribution is -2.12. The third kappa shape index (κ3) is 5.24. The second-order valence-electron chi connectivity index (χ2n) is 14.0. The number of rotatable bonds is 5. The number of aromatic nitrogens is 3. The Kier molecular flexibility index (Phi) is 7.13. The van der Waals surface area contributed by atoms with E-state index in [1.165, 1.54) is 42.4 Å². The number of allylic oxidation sites excluding steroid dienone is 1. The molecule has 0 bridgehead atoms. The summed E-state index contributed by atoms with van der Waals surface area (Å²) in [6.45, 7) is 0. The van der Waals surface area contributed by atoms with Crippen LogP contribution in [-0.4, -0.2) is 15.0 Å². The predicted molar refractivity (Wildman–Crippen MR) is 224 cm³/mol. The van der Waals surface area contributed by atoms with E-state index in [4.69, 9.17) is 19.4 Å². The average Bonchev–Trinajstić information content (AvgIpc) is 3.81. The lowest BCUT2D eigenvalue weighted by Gasteiger charge is -2.19. The molecule has 1 unspecified atom stereocenters. The summed E-state index contributed by atoms with van der Waals surface area (Å²) in [5.74, 6) is 2.08. The van der Waals surface area contributed by atoms with Gasteiger partial charge < -0.3 is 4.42 Å². The summed E-state index contributed by atoms with van der Waals surface area (Å²) < 4.78 is 9.20. The van der Waals surface area contributed by atoms with Crippen LogP contribution >= 0.6 is 11.3 Å². The molecule has 1 atom stereocenters. The van der Waals surface area contributed by atoms with Crippen molar-refractivity contribution in [2.45, 2.75) is 12.3 Å². The minimum atomic E-state index is 0.0181. The van der Waals surface area contributed by atoms with Crippen LogP contribution in [0.5, 0.6) is 0 Å². The van der Waals surface area contributed by atoms with Crippen LogP contribution in [-0.2, 0) is 6.42 Å². The molecule has 254 valence electrons. The maximum atomic E-state index is 6.59. The highest BCUT2D eigenvalue weighted by Gasteiger charge is 2.23. The molecule has 3 heterocycles. The maximum Gasteiger partial charge on any atom is 0.164 e. The van der Waals surface area contributed by atoms with Crippen LogP contribution < -0.4 is 0 Å². The number of hydrogen-bond acceptors (Lipinski definition) is 5. The summed E-state index contributed by atoms with van der Waals surface area (Å²) in [4.78, 5) is 15.5. The largest absolute Gasteiger partial charge is 0.456 e. The number of benzene rings is 7. The Morgan fingerprint density at radius 3 is 2.15 bits per heavy atom. The molecule has 0 fully saturated rings. The van der Waals surface area contributed by atoms with Gasteiger partial charge in [-0.3, -0.25) is 0 Å². The van der Waals surface area contributed by atoms with Gasteiger partial charge in [0.05, 0.1) is 0 Å². The molecule has 0 saturated carbocycles. The number of fused-ring (bicyclic) bond motifs is 7. The van der Waals surface area contributed by atoms with E-state index in [0.29, 0.717) is 11.6 Å². The van der Waals surface area contributed by atoms with Gasteiger partial charge in [0.2, 0.25) is 0 Å². The number of hydrogen-bond donors (Lipinski definition) is 0. The van der Waals surface area contributed by atoms with Gasteiger partial charge in [0, 0.05) is 48.0 Å². The van der Waals surface area contributed by atoms with Gasteiger partial charge in [-0.2, -0.15) is 0 Å². The third-order valence-corrected chi connectivity index (χ3v) is 11.8. The van der Waals surface area contributed by atoms with Gasteiger partial charge in [0.25, 0.3) is 0 Å². The van der Waals surface area contributed by atoms with Crippen molar-refractivity contribution in [1.29, 1.82) is 0 Å². The van der Waals surface area contributed by atoms with Crippen molar-refractivity contribution in [3.63, 3.8) is 0 Å². The first-order chi connectivity index (χ1) is 26.7. The highest BCUT2D eigenvalue weighted by molar-refractivity contribution is 7.25. The molecular weight excluding hydrogens is 679 g/mol. The summed E-state index contributed by atoms with van der Waals surface area (Å²) in [7, 11) is 0. The first-order valence-corrected chi connectivity index (χ1v) is 19.1. The first kappa shape index (κ1) is 30.9. The van der Waals surface area contributed by atoms with Crippen LogP contribution in [0.25, 0.3) is 93.2 Å². The molecule has 1 aliphatic rings. The fourth-order valence-corrected chi connectivity index (χ4v) is 9.02. The summed E-state index contributed by atoms with van der Waals surface area (Å²) in [5.41, 5.74) is 10.7. The normalized spacial score (nSPS) is 14.0. The molecule has 5 heteroatoms. The zero-order valence-corrected chi connectivity index (χ0v) is 29.9. The van der Waals surface area contributed by atoms with E-state index < -0.39 is 0 Å². The second-order valence-corrected chi connectivity index (χ2v) is 15.0. The molecule has 7 aromatic carbocycles. The summed E-state index contributed by atoms with van der Waals surface area (Å²) in [6.07, 6.45) is 5.26. The molecule has 10 aromatic rings. The second kappa shape index (κ2) is 12.5. The van der Waals surface area contributed by atoms with Gasteiger partial charge in [0.1, 0.15) is 17.0 Å². The van der Waals surface area contributed by atoms with Gasteiger partial charge in [-0.25, -0.2) is 15.0 Å². The van der Waals surface area contributed by atoms with Crippen LogP contribution in [0.15, 0.2) is 168 Å². The van der Waals surface area contributed by atoms with Crippen molar-refractivity contribution < 1.29 is 4.42 Å². The highest BCUT2D eigenvalue weighted by Crippen LogP contribution is 2.40. The Morgan fingerprint density at radius 1 is 0.500 bits per heavy atom. The van der Waals surface area contributed by atoms with Crippen LogP contribution in [0.2, 0.25) is 0 Å². The number of thiophene rings is 1. The van der Waals surface area contributed by atoms with Crippen molar-refractivity contribution in [3.8, 4) is 45.0 Å². The van der Waals surface area contributed by atoms with Gasteiger partial charge in [-0.05, 0) is 76.2 Å². The Morgan fingerprint density at radius 2 is 1.22 bits per heavy atom. The Balaban J connectivity index is 1.04. The average molecular weight is 710 g/mol. The quantitative estimate of drug-likeness (QED) is 0.178. The molecular formula is C49H31N3OS. The molecule has 0 aliphatic heterocycles. The first-order valence-electron chi connectivity index (χ1n) is 18.3. The molecule has 0 N–H and O–H groups in total. The monoisotopic (exact) mass is 709 g/mol. The van der Waals surface area contributed by atoms with E-state index in [2.05, 4.69) is 152 Å². The molecule has 0 amide bonds. The van der Waals surface area contributed by atoms with Gasteiger partial charge in [0.15, 0.2) is 11.6 Å². The van der Waals surface area contributed by atoms with Crippen molar-refractivity contribution in [2.75, 3.05) is 0 Å². The SMILES string of the molecule is C1=CC(c2nc(-c3ccc(-c4ccccc4)cc3)nc(-c3cccc4oc5cc(-c6ccc7sc8ccccc8c7c6)ccc5c34)n2)Cc2ccccc21. The maximum absolute atomic E-state index is 6.59. The van der Waals surface area contributed by atoms with E-state index in [-0.39, 0.29) is 5.92 Å². The van der Waals surface area contributed by atoms with Crippen molar-refractivity contribution in [2.24, 2.45) is 0 Å². The van der Waals surface area contributed by atoms with Gasteiger partial charge in [-0.15, -0.1) is 11.3 Å². The fourth-order valence-electron chi connectivity index (χ4n) is 7.93. The van der Waals surface area contributed by atoms with E-state index in [0.717, 1.165) is 56.4 Å². The molecule has 0 radical (unpaired) electrons. The zero-order chi connectivity index (χ0) is 35.6. The van der Waals surface area contributed by atoms with Crippen LogP contribution in [0.1, 0.15) is 22.9 Å². The minimum Gasteiger partial charge on any atom is -0.456 e. The van der Waals surface area contributed by atoms with Crippen LogP contribution in [0.4, 0.5) is 0 Å². The fraction of sp³-hybridized carbons (Fsp3) is 0.0408. The summed E-state index contributed by atoms with van der Waals surface area (Å²) >= 11 is 1.84. The summed E-state index contributed by atoms with van der Waals surface area (Å²) in [5, 5.41) is 4.62. The van der Waals surface area contributed by atoms with Crippen LogP contribution in [0, 0.1) is 0 Å². The van der Waals surface area contributed by atoms with Crippen molar-refractivity contribution >= 4 is 59.5 Å². The van der Waals surface area contributed by atoms with E-state index >= 15 is 0 Å². The molecule has 4 nitrogen and oxygen atoms in total. The molecule has 54 heavy (non-hydrogen) atoms. The van der Waals surface area contributed by atoms with Crippen LogP contribution in [0.3, 0.4) is 0 Å². The Labute approximate surface area is 315 Å². The third-order valence-electron chi connectivity index (χ3n) is 10.7. The minimum absolute atomic E-state index is 0.0181. The molecule has 11 rings (SSSR count). The summed E-state index contributed by atoms with van der Waals surface area (Å²) in [6, 6.07) is 55.6. The Hall–Kier alpha value is -6.69. The smallest absolute Gasteiger partial charge is 0.164 e. The standard InChI is InChI=1S/C49H31N3OS/c1-2-9-30(10-3-1)32-17-20-33(21-18-32)47-50-48(37-22-19-31-11-4-5-12-34(31)27-37)52-49(51-47)40-14-8-15-42-46(40)39-25-23-36(29-43(39)53-42)35-24-26-45-41(28-35)38-13-6-7-16-44(38)54-45/h1-26,28-29,37H,27H2. The van der Waals surface area contributed by atoms with Gasteiger partial charge >= 0.3 is 0 Å². The van der Waals surface area contributed by atoms with E-state index in [1.54, 1.807) is 0 Å². The number of furan rings is 1. The van der Waals surface area contributed by atoms with Crippen molar-refractivity contribution in [3.05, 3.63) is 181 Å². The molecule has 0 saturated heterocycles. The molecule has 0 spiro atoms. The zero-order valence-electron chi connectivity index (χ0n) is 29.1. The lowest BCUT2D eigenvalue weighted by molar-refractivity contribution is 0.669. The van der Waals surface area contributed by atoms with E-state index in [9.17, 15) is 0 Å². The number of nitrogens with zero attached hydrogens (tertiary/aromatic N) is 3. The molecule has 3 aromatic heterocycles. The van der Waals surface area contributed by atoms with E-state index in [1.807, 2.05) is 29.5 Å². The van der Waals surface area contributed by atoms with Gasteiger partial charge in [-0.1, -0.05) is 133 Å².